The molecule has 1 aromatic rings. The molecule has 0 spiro atoms. The zero-order valence-corrected chi connectivity index (χ0v) is 9.74. The van der Waals surface area contributed by atoms with Crippen molar-refractivity contribution in [1.29, 1.82) is 5.26 Å². The molecule has 1 aliphatic carbocycles. The summed E-state index contributed by atoms with van der Waals surface area (Å²) in [5.74, 6) is -0.415. The van der Waals surface area contributed by atoms with E-state index in [0.717, 1.165) is 17.3 Å². The Morgan fingerprint density at radius 1 is 1.73 bits per heavy atom. The van der Waals surface area contributed by atoms with Crippen molar-refractivity contribution in [3.05, 3.63) is 22.4 Å². The van der Waals surface area contributed by atoms with Crippen molar-refractivity contribution in [3.8, 4) is 6.07 Å². The largest absolute Gasteiger partial charge is 0.464 e. The number of methoxy groups -OCH3 is 1. The lowest BCUT2D eigenvalue weighted by atomic mass is 10.3. The minimum atomic E-state index is -0.532. The maximum Gasteiger partial charge on any atom is 0.354 e. The molecule has 1 heterocycles. The molecule has 15 heavy (non-hydrogen) atoms. The van der Waals surface area contributed by atoms with Crippen molar-refractivity contribution in [2.75, 3.05) is 7.11 Å². The van der Waals surface area contributed by atoms with Crippen LogP contribution in [0.25, 0.3) is 0 Å². The van der Waals surface area contributed by atoms with E-state index < -0.39 is 11.5 Å². The van der Waals surface area contributed by atoms with Gasteiger partial charge < -0.3 is 9.30 Å². The number of hydrogen-bond donors (Lipinski definition) is 0. The maximum atomic E-state index is 11.5. The Bertz CT molecular complexity index is 454. The molecule has 2 rings (SSSR count). The number of nitrogens with zero attached hydrogens (tertiary/aromatic N) is 2. The van der Waals surface area contributed by atoms with Gasteiger partial charge in [0.05, 0.1) is 13.2 Å². The molecule has 1 aromatic heterocycles. The lowest BCUT2D eigenvalue weighted by Gasteiger charge is -2.11. The Morgan fingerprint density at radius 2 is 2.40 bits per heavy atom. The van der Waals surface area contributed by atoms with Crippen molar-refractivity contribution in [2.45, 2.75) is 18.4 Å². The summed E-state index contributed by atoms with van der Waals surface area (Å²) in [5, 5.41) is 9.06. The smallest absolute Gasteiger partial charge is 0.354 e. The first-order valence-corrected chi connectivity index (χ1v) is 5.30. The molecule has 0 aliphatic heterocycles. The van der Waals surface area contributed by atoms with Crippen LogP contribution in [0, 0.1) is 11.3 Å². The first-order chi connectivity index (χ1) is 7.13. The molecule has 4 nitrogen and oxygen atoms in total. The van der Waals surface area contributed by atoms with Crippen LogP contribution in [0.2, 0.25) is 0 Å². The highest BCUT2D eigenvalue weighted by atomic mass is 79.9. The number of rotatable bonds is 2. The van der Waals surface area contributed by atoms with Crippen LogP contribution < -0.4 is 0 Å². The number of hydrogen-bond acceptors (Lipinski definition) is 3. The van der Waals surface area contributed by atoms with Crippen LogP contribution in [-0.2, 0) is 10.3 Å². The fourth-order valence-corrected chi connectivity index (χ4v) is 1.99. The molecule has 1 fully saturated rings. The van der Waals surface area contributed by atoms with Gasteiger partial charge in [0.25, 0.3) is 0 Å². The van der Waals surface area contributed by atoms with Gasteiger partial charge in [0, 0.05) is 10.7 Å². The number of carbonyl (C=O) groups excluding carboxylic acids is 1. The molecule has 1 aliphatic rings. The second-order valence-electron chi connectivity index (χ2n) is 3.55. The van der Waals surface area contributed by atoms with Crippen LogP contribution in [0.15, 0.2) is 16.7 Å². The normalized spacial score (nSPS) is 16.9. The van der Waals surface area contributed by atoms with E-state index in [4.69, 9.17) is 5.26 Å². The third-order valence-electron chi connectivity index (χ3n) is 2.57. The summed E-state index contributed by atoms with van der Waals surface area (Å²) < 4.78 is 7.15. The van der Waals surface area contributed by atoms with Gasteiger partial charge in [-0.05, 0) is 34.8 Å². The Morgan fingerprint density at radius 3 is 2.87 bits per heavy atom. The van der Waals surface area contributed by atoms with Gasteiger partial charge in [-0.2, -0.15) is 5.26 Å². The fraction of sp³-hybridized carbons (Fsp3) is 0.400. The monoisotopic (exact) mass is 268 g/mol. The molecule has 78 valence electrons. The lowest BCUT2D eigenvalue weighted by Crippen LogP contribution is -2.19. The van der Waals surface area contributed by atoms with E-state index in [0.29, 0.717) is 5.69 Å². The average Bonchev–Trinajstić information content (AvgIpc) is 2.95. The van der Waals surface area contributed by atoms with Crippen LogP contribution in [0.4, 0.5) is 0 Å². The highest BCUT2D eigenvalue weighted by Gasteiger charge is 2.47. The van der Waals surface area contributed by atoms with E-state index >= 15 is 0 Å². The highest BCUT2D eigenvalue weighted by Crippen LogP contribution is 2.44. The van der Waals surface area contributed by atoms with Crippen molar-refractivity contribution in [1.82, 2.24) is 4.57 Å². The molecular formula is C10H9BrN2O2. The second kappa shape index (κ2) is 3.38. The minimum Gasteiger partial charge on any atom is -0.464 e. The van der Waals surface area contributed by atoms with Gasteiger partial charge in [0.2, 0.25) is 0 Å². The van der Waals surface area contributed by atoms with E-state index in [1.54, 1.807) is 16.8 Å². The number of ether oxygens (including phenoxy) is 1. The highest BCUT2D eigenvalue weighted by molar-refractivity contribution is 9.10. The standard InChI is InChI=1S/C10H9BrN2O2/c1-15-9(14)8-4-7(11)5-13(8)10(6-12)2-3-10/h4-5H,2-3H2,1H3. The van der Waals surface area contributed by atoms with Crippen LogP contribution in [0.3, 0.4) is 0 Å². The van der Waals surface area contributed by atoms with E-state index in [-0.39, 0.29) is 0 Å². The number of carbonyl (C=O) groups is 1. The van der Waals surface area contributed by atoms with Gasteiger partial charge in [0.15, 0.2) is 0 Å². The van der Waals surface area contributed by atoms with Crippen molar-refractivity contribution in [2.24, 2.45) is 0 Å². The first kappa shape index (κ1) is 10.2. The molecule has 1 saturated carbocycles. The van der Waals surface area contributed by atoms with Gasteiger partial charge in [-0.3, -0.25) is 0 Å². The summed E-state index contributed by atoms with van der Waals surface area (Å²) >= 11 is 3.29. The van der Waals surface area contributed by atoms with Crippen LogP contribution in [-0.4, -0.2) is 17.6 Å². The van der Waals surface area contributed by atoms with Crippen LogP contribution >= 0.6 is 15.9 Å². The Balaban J connectivity index is 2.48. The Hall–Kier alpha value is -1.28. The summed E-state index contributed by atoms with van der Waals surface area (Å²) in [6.45, 7) is 0. The quantitative estimate of drug-likeness (QED) is 0.772. The average molecular weight is 269 g/mol. The second-order valence-corrected chi connectivity index (χ2v) is 4.46. The lowest BCUT2D eigenvalue weighted by molar-refractivity contribution is 0.0586. The van der Waals surface area contributed by atoms with E-state index in [1.807, 2.05) is 0 Å². The molecule has 0 aromatic carbocycles. The summed E-state index contributed by atoms with van der Waals surface area (Å²) in [7, 11) is 1.33. The summed E-state index contributed by atoms with van der Waals surface area (Å²) in [6, 6.07) is 3.91. The predicted octanol–water partition coefficient (Wildman–Crippen LogP) is 2.05. The SMILES string of the molecule is COC(=O)c1cc(Br)cn1C1(C#N)CC1. The maximum absolute atomic E-state index is 11.5. The van der Waals surface area contributed by atoms with Crippen molar-refractivity contribution >= 4 is 21.9 Å². The van der Waals surface area contributed by atoms with E-state index in [9.17, 15) is 4.79 Å². The van der Waals surface area contributed by atoms with Crippen LogP contribution in [0.5, 0.6) is 0 Å². The molecule has 0 unspecified atom stereocenters. The number of halogens is 1. The molecule has 0 radical (unpaired) electrons. The van der Waals surface area contributed by atoms with Crippen LogP contribution in [0.1, 0.15) is 23.3 Å². The van der Waals surface area contributed by atoms with E-state index in [2.05, 4.69) is 26.7 Å². The molecule has 0 N–H and O–H groups in total. The number of esters is 1. The summed E-state index contributed by atoms with van der Waals surface area (Å²) in [4.78, 5) is 11.5. The number of aromatic nitrogens is 1. The molecular weight excluding hydrogens is 260 g/mol. The Labute approximate surface area is 95.6 Å². The van der Waals surface area contributed by atoms with Gasteiger partial charge in [-0.1, -0.05) is 0 Å². The minimum absolute atomic E-state index is 0.415. The van der Waals surface area contributed by atoms with E-state index in [1.165, 1.54) is 7.11 Å². The molecule has 5 heteroatoms. The molecule has 0 saturated heterocycles. The molecule has 0 amide bonds. The first-order valence-electron chi connectivity index (χ1n) is 4.51. The summed E-state index contributed by atoms with van der Waals surface area (Å²) in [6.07, 6.45) is 3.33. The van der Waals surface area contributed by atoms with Gasteiger partial charge in [-0.15, -0.1) is 0 Å². The van der Waals surface area contributed by atoms with Crippen molar-refractivity contribution in [3.63, 3.8) is 0 Å². The zero-order chi connectivity index (χ0) is 11.1. The third-order valence-corrected chi connectivity index (χ3v) is 3.01. The topological polar surface area (TPSA) is 55.0 Å². The van der Waals surface area contributed by atoms with Gasteiger partial charge in [-0.25, -0.2) is 4.79 Å². The summed E-state index contributed by atoms with van der Waals surface area (Å²) in [5.41, 5.74) is -0.112. The third kappa shape index (κ3) is 1.55. The molecule has 0 bridgehead atoms. The van der Waals surface area contributed by atoms with Gasteiger partial charge >= 0.3 is 5.97 Å². The zero-order valence-electron chi connectivity index (χ0n) is 8.16. The number of nitriles is 1. The Kier molecular flexibility index (Phi) is 2.31. The fourth-order valence-electron chi connectivity index (χ4n) is 1.57. The predicted molar refractivity (Wildman–Crippen MR) is 56.3 cm³/mol. The van der Waals surface area contributed by atoms with Crippen molar-refractivity contribution < 1.29 is 9.53 Å². The van der Waals surface area contributed by atoms with Gasteiger partial charge in [0.1, 0.15) is 11.2 Å². The molecule has 0 atom stereocenters.